The first-order valence-corrected chi connectivity index (χ1v) is 18.8. The van der Waals surface area contributed by atoms with Crippen LogP contribution in [0.3, 0.4) is 0 Å². The molecule has 47 heavy (non-hydrogen) atoms. The molecule has 0 bridgehead atoms. The Morgan fingerprint density at radius 3 is 1.26 bits per heavy atom. The largest absolute Gasteiger partial charge is 0.310 e. The van der Waals surface area contributed by atoms with Gasteiger partial charge in [-0.1, -0.05) is 144 Å². The maximum atomic E-state index is 2.42. The Labute approximate surface area is 292 Å². The molecule has 0 radical (unpaired) electrons. The van der Waals surface area contributed by atoms with Crippen LogP contribution in [0.15, 0.2) is 203 Å². The fourth-order valence-corrected chi connectivity index (χ4v) is 11.1. The molecule has 0 unspecified atom stereocenters. The first-order valence-electron chi connectivity index (χ1n) is 15.5. The lowest BCUT2D eigenvalue weighted by molar-refractivity contribution is 1.15. The Bertz CT molecular complexity index is 2230. The van der Waals surface area contributed by atoms with Gasteiger partial charge in [-0.05, 0) is 83.4 Å². The second-order valence-corrected chi connectivity index (χ2v) is 15.5. The van der Waals surface area contributed by atoms with E-state index in [0.29, 0.717) is 0 Å². The van der Waals surface area contributed by atoms with Crippen LogP contribution in [0.1, 0.15) is 0 Å². The van der Waals surface area contributed by atoms with Crippen LogP contribution in [0.2, 0.25) is 0 Å². The van der Waals surface area contributed by atoms with Crippen molar-refractivity contribution in [2.75, 3.05) is 4.90 Å². The van der Waals surface area contributed by atoms with Gasteiger partial charge in [0.25, 0.3) is 0 Å². The molecule has 0 spiro atoms. The monoisotopic (exact) mass is 673 g/mol. The SMILES string of the molecule is c1ccc(N(c2ccccc2)c2cccc(-c3cccc4c3Sc3ccccc3S4)c2-c2cccc3c2Sc2ccccc2S3)cc1. The molecular formula is C42H27NS4. The Balaban J connectivity index is 1.33. The van der Waals surface area contributed by atoms with Crippen molar-refractivity contribution < 1.29 is 0 Å². The molecule has 0 saturated carbocycles. The van der Waals surface area contributed by atoms with E-state index in [4.69, 9.17) is 0 Å². The molecule has 0 N–H and O–H groups in total. The van der Waals surface area contributed by atoms with Gasteiger partial charge in [0.1, 0.15) is 0 Å². The summed E-state index contributed by atoms with van der Waals surface area (Å²) in [7, 11) is 0. The Morgan fingerprint density at radius 2 is 0.702 bits per heavy atom. The normalized spacial score (nSPS) is 12.8. The van der Waals surface area contributed by atoms with E-state index in [1.54, 1.807) is 0 Å². The fraction of sp³-hybridized carbons (Fsp3) is 0. The van der Waals surface area contributed by atoms with Gasteiger partial charge in [0.05, 0.1) is 5.69 Å². The molecule has 7 aromatic rings. The second-order valence-electron chi connectivity index (χ2n) is 11.3. The predicted octanol–water partition coefficient (Wildman–Crippen LogP) is 13.7. The van der Waals surface area contributed by atoms with Crippen LogP contribution in [-0.2, 0) is 0 Å². The molecule has 2 heterocycles. The van der Waals surface area contributed by atoms with Crippen molar-refractivity contribution in [2.45, 2.75) is 39.2 Å². The first-order chi connectivity index (χ1) is 23.3. The molecule has 0 amide bonds. The van der Waals surface area contributed by atoms with Crippen molar-refractivity contribution in [1.29, 1.82) is 0 Å². The molecular weight excluding hydrogens is 647 g/mol. The van der Waals surface area contributed by atoms with Gasteiger partial charge in [-0.25, -0.2) is 0 Å². The van der Waals surface area contributed by atoms with Crippen LogP contribution in [0, 0.1) is 0 Å². The summed E-state index contributed by atoms with van der Waals surface area (Å²) >= 11 is 7.53. The summed E-state index contributed by atoms with van der Waals surface area (Å²) in [5, 5.41) is 0. The number of rotatable bonds is 5. The molecule has 0 fully saturated rings. The average molecular weight is 674 g/mol. The predicted molar refractivity (Wildman–Crippen MR) is 201 cm³/mol. The zero-order valence-electron chi connectivity index (χ0n) is 25.2. The van der Waals surface area contributed by atoms with Crippen molar-refractivity contribution in [3.8, 4) is 22.3 Å². The minimum Gasteiger partial charge on any atom is -0.310 e. The molecule has 0 saturated heterocycles. The van der Waals surface area contributed by atoms with Crippen molar-refractivity contribution in [3.63, 3.8) is 0 Å². The van der Waals surface area contributed by atoms with E-state index in [-0.39, 0.29) is 0 Å². The highest BCUT2D eigenvalue weighted by molar-refractivity contribution is 8.05. The lowest BCUT2D eigenvalue weighted by atomic mass is 9.91. The highest BCUT2D eigenvalue weighted by atomic mass is 32.2. The summed E-state index contributed by atoms with van der Waals surface area (Å²) in [6.07, 6.45) is 0. The zero-order valence-corrected chi connectivity index (χ0v) is 28.4. The van der Waals surface area contributed by atoms with Gasteiger partial charge in [-0.3, -0.25) is 0 Å². The summed E-state index contributed by atoms with van der Waals surface area (Å²) in [6.45, 7) is 0. The average Bonchev–Trinajstić information content (AvgIpc) is 3.13. The Kier molecular flexibility index (Phi) is 7.63. The van der Waals surface area contributed by atoms with Crippen molar-refractivity contribution in [2.24, 2.45) is 0 Å². The van der Waals surface area contributed by atoms with Gasteiger partial charge < -0.3 is 4.90 Å². The molecule has 1 nitrogen and oxygen atoms in total. The van der Waals surface area contributed by atoms with Gasteiger partial charge in [-0.15, -0.1) is 0 Å². The van der Waals surface area contributed by atoms with Gasteiger partial charge in [-0.2, -0.15) is 0 Å². The standard InChI is InChI=1S/C42H27NS4/c1-3-14-28(15-4-1)43(29-16-5-2-6-17-29)33-21-11-18-30(31-19-12-26-38-41(31)46-36-24-9-7-22-34(36)44-38)40(33)32-20-13-27-39-42(32)47-37-25-10-8-23-35(37)45-39/h1-27H. The minimum atomic E-state index is 1.13. The van der Waals surface area contributed by atoms with Gasteiger partial charge in [0, 0.05) is 56.1 Å². The van der Waals surface area contributed by atoms with E-state index in [2.05, 4.69) is 169 Å². The van der Waals surface area contributed by atoms with Crippen molar-refractivity contribution >= 4 is 64.1 Å². The minimum absolute atomic E-state index is 1.13. The molecule has 9 rings (SSSR count). The van der Waals surface area contributed by atoms with Crippen LogP contribution in [-0.4, -0.2) is 0 Å². The number of hydrogen-bond acceptors (Lipinski definition) is 5. The van der Waals surface area contributed by atoms with E-state index in [1.165, 1.54) is 61.4 Å². The van der Waals surface area contributed by atoms with E-state index in [0.717, 1.165) is 17.1 Å². The first kappa shape index (κ1) is 28.9. The Morgan fingerprint density at radius 1 is 0.298 bits per heavy atom. The van der Waals surface area contributed by atoms with E-state index >= 15 is 0 Å². The van der Waals surface area contributed by atoms with Crippen LogP contribution in [0.5, 0.6) is 0 Å². The molecule has 224 valence electrons. The second kappa shape index (κ2) is 12.4. The fourth-order valence-electron chi connectivity index (χ4n) is 6.32. The molecule has 0 aromatic heterocycles. The number of benzene rings is 7. The number of nitrogens with zero attached hydrogens (tertiary/aromatic N) is 1. The summed E-state index contributed by atoms with van der Waals surface area (Å²) < 4.78 is 0. The number of para-hydroxylation sites is 2. The summed E-state index contributed by atoms with van der Waals surface area (Å²) in [5.41, 5.74) is 8.40. The van der Waals surface area contributed by atoms with Crippen molar-refractivity contribution in [1.82, 2.24) is 0 Å². The molecule has 2 aliphatic rings. The van der Waals surface area contributed by atoms with Gasteiger partial charge in [0.2, 0.25) is 0 Å². The van der Waals surface area contributed by atoms with E-state index in [9.17, 15) is 0 Å². The zero-order chi connectivity index (χ0) is 31.2. The molecule has 5 heteroatoms. The summed E-state index contributed by atoms with van der Waals surface area (Å²) in [5.74, 6) is 0. The summed E-state index contributed by atoms with van der Waals surface area (Å²) in [4.78, 5) is 12.9. The van der Waals surface area contributed by atoms with Crippen LogP contribution in [0.25, 0.3) is 22.3 Å². The number of anilines is 3. The van der Waals surface area contributed by atoms with E-state index < -0.39 is 0 Å². The highest BCUT2D eigenvalue weighted by Gasteiger charge is 2.28. The number of fused-ring (bicyclic) bond motifs is 4. The van der Waals surface area contributed by atoms with Gasteiger partial charge >= 0.3 is 0 Å². The third kappa shape index (κ3) is 5.28. The maximum absolute atomic E-state index is 2.42. The molecule has 0 atom stereocenters. The third-order valence-corrected chi connectivity index (χ3v) is 13.6. The van der Waals surface area contributed by atoms with Crippen LogP contribution >= 0.6 is 47.0 Å². The molecule has 2 aliphatic heterocycles. The number of hydrogen-bond donors (Lipinski definition) is 0. The Hall–Kier alpha value is -4.26. The molecule has 0 aliphatic carbocycles. The van der Waals surface area contributed by atoms with Crippen LogP contribution < -0.4 is 4.90 Å². The summed E-state index contributed by atoms with van der Waals surface area (Å²) in [6, 6.07) is 59.5. The van der Waals surface area contributed by atoms with Crippen molar-refractivity contribution in [3.05, 3.63) is 164 Å². The van der Waals surface area contributed by atoms with Crippen LogP contribution in [0.4, 0.5) is 17.1 Å². The lowest BCUT2D eigenvalue weighted by Gasteiger charge is -2.31. The smallest absolute Gasteiger partial charge is 0.0546 e. The lowest BCUT2D eigenvalue weighted by Crippen LogP contribution is -2.12. The molecule has 7 aromatic carbocycles. The van der Waals surface area contributed by atoms with Gasteiger partial charge in [0.15, 0.2) is 0 Å². The topological polar surface area (TPSA) is 3.24 Å². The maximum Gasteiger partial charge on any atom is 0.0546 e. The highest BCUT2D eigenvalue weighted by Crippen LogP contribution is 2.57. The quantitative estimate of drug-likeness (QED) is 0.178. The third-order valence-electron chi connectivity index (χ3n) is 8.39. The van der Waals surface area contributed by atoms with E-state index in [1.807, 2.05) is 47.0 Å².